The van der Waals surface area contributed by atoms with Gasteiger partial charge in [0.1, 0.15) is 12.4 Å². The van der Waals surface area contributed by atoms with Gasteiger partial charge < -0.3 is 15.0 Å². The van der Waals surface area contributed by atoms with Gasteiger partial charge in [-0.25, -0.2) is 9.48 Å². The van der Waals surface area contributed by atoms with E-state index in [1.807, 2.05) is 67.7 Å². The van der Waals surface area contributed by atoms with Crippen LogP contribution in [0.25, 0.3) is 5.69 Å². The molecule has 0 aliphatic rings. The first-order valence-corrected chi connectivity index (χ1v) is 8.89. The standard InChI is InChI=1S/C21H24N4O2/c1-17-8-10-20(11-9-17)27-13-12-22-21(26)24(2)15-18-14-23-25(16-18)19-6-4-3-5-7-19/h3-11,14,16H,12-13,15H2,1-2H3,(H,22,26). The van der Waals surface area contributed by atoms with E-state index in [0.29, 0.717) is 19.7 Å². The molecular formula is C21H24N4O2. The Morgan fingerprint density at radius 3 is 2.63 bits per heavy atom. The van der Waals surface area contributed by atoms with E-state index >= 15 is 0 Å². The molecule has 3 aromatic rings. The van der Waals surface area contributed by atoms with Crippen LogP contribution in [0.1, 0.15) is 11.1 Å². The highest BCUT2D eigenvalue weighted by Gasteiger charge is 2.10. The summed E-state index contributed by atoms with van der Waals surface area (Å²) in [6.07, 6.45) is 3.71. The van der Waals surface area contributed by atoms with Crippen molar-refractivity contribution < 1.29 is 9.53 Å². The molecule has 0 saturated heterocycles. The zero-order valence-corrected chi connectivity index (χ0v) is 15.6. The Morgan fingerprint density at radius 1 is 1.15 bits per heavy atom. The number of rotatable bonds is 7. The van der Waals surface area contributed by atoms with Crippen LogP contribution in [0.2, 0.25) is 0 Å². The van der Waals surface area contributed by atoms with Gasteiger partial charge in [-0.2, -0.15) is 5.10 Å². The first-order chi connectivity index (χ1) is 13.1. The van der Waals surface area contributed by atoms with Crippen LogP contribution in [0.4, 0.5) is 4.79 Å². The van der Waals surface area contributed by atoms with Crippen molar-refractivity contribution in [3.63, 3.8) is 0 Å². The minimum Gasteiger partial charge on any atom is -0.492 e. The number of ether oxygens (including phenoxy) is 1. The topological polar surface area (TPSA) is 59.4 Å². The molecule has 0 bridgehead atoms. The molecule has 2 amide bonds. The molecule has 0 fully saturated rings. The number of benzene rings is 2. The van der Waals surface area contributed by atoms with Crippen LogP contribution in [0, 0.1) is 6.92 Å². The van der Waals surface area contributed by atoms with E-state index in [4.69, 9.17) is 4.74 Å². The third-order valence-electron chi connectivity index (χ3n) is 4.09. The molecule has 0 aliphatic heterocycles. The van der Waals surface area contributed by atoms with Gasteiger partial charge in [0, 0.05) is 18.8 Å². The Morgan fingerprint density at radius 2 is 1.89 bits per heavy atom. The van der Waals surface area contributed by atoms with Crippen molar-refractivity contribution in [3.8, 4) is 11.4 Å². The van der Waals surface area contributed by atoms with Gasteiger partial charge in [0.15, 0.2) is 0 Å². The lowest BCUT2D eigenvalue weighted by atomic mass is 10.2. The quantitative estimate of drug-likeness (QED) is 0.654. The Hall–Kier alpha value is -3.28. The fourth-order valence-electron chi connectivity index (χ4n) is 2.61. The predicted molar refractivity (Wildman–Crippen MR) is 105 cm³/mol. The Labute approximate surface area is 159 Å². The van der Waals surface area contributed by atoms with Crippen LogP contribution in [0.5, 0.6) is 5.75 Å². The van der Waals surface area contributed by atoms with Crippen molar-refractivity contribution in [3.05, 3.63) is 78.1 Å². The summed E-state index contributed by atoms with van der Waals surface area (Å²) in [7, 11) is 1.76. The van der Waals surface area contributed by atoms with Gasteiger partial charge in [-0.1, -0.05) is 35.9 Å². The van der Waals surface area contributed by atoms with Crippen LogP contribution in [-0.4, -0.2) is 40.9 Å². The van der Waals surface area contributed by atoms with Crippen LogP contribution in [0.15, 0.2) is 67.0 Å². The first-order valence-electron chi connectivity index (χ1n) is 8.89. The largest absolute Gasteiger partial charge is 0.492 e. The number of aromatic nitrogens is 2. The van der Waals surface area contributed by atoms with E-state index in [1.165, 1.54) is 5.56 Å². The number of nitrogens with one attached hydrogen (secondary N) is 1. The van der Waals surface area contributed by atoms with Gasteiger partial charge >= 0.3 is 6.03 Å². The highest BCUT2D eigenvalue weighted by molar-refractivity contribution is 5.73. The van der Waals surface area contributed by atoms with Crippen molar-refractivity contribution in [2.24, 2.45) is 0 Å². The summed E-state index contributed by atoms with van der Waals surface area (Å²) in [4.78, 5) is 13.8. The Bertz CT molecular complexity index is 859. The van der Waals surface area contributed by atoms with Crippen molar-refractivity contribution in [1.82, 2.24) is 20.0 Å². The molecule has 1 aromatic heterocycles. The lowest BCUT2D eigenvalue weighted by Crippen LogP contribution is -2.38. The zero-order valence-electron chi connectivity index (χ0n) is 15.6. The lowest BCUT2D eigenvalue weighted by Gasteiger charge is -2.17. The summed E-state index contributed by atoms with van der Waals surface area (Å²) in [5.41, 5.74) is 3.14. The van der Waals surface area contributed by atoms with E-state index in [1.54, 1.807) is 22.8 Å². The minimum atomic E-state index is -0.144. The Kier molecular flexibility index (Phi) is 6.10. The van der Waals surface area contributed by atoms with Crippen LogP contribution < -0.4 is 10.1 Å². The van der Waals surface area contributed by atoms with E-state index in [-0.39, 0.29) is 6.03 Å². The highest BCUT2D eigenvalue weighted by Crippen LogP contribution is 2.11. The molecule has 0 radical (unpaired) electrons. The third kappa shape index (κ3) is 5.34. The maximum Gasteiger partial charge on any atom is 0.317 e. The van der Waals surface area contributed by atoms with Gasteiger partial charge in [-0.05, 0) is 31.2 Å². The second kappa shape index (κ2) is 8.89. The molecule has 6 heteroatoms. The number of hydrogen-bond acceptors (Lipinski definition) is 3. The van der Waals surface area contributed by atoms with Crippen LogP contribution in [-0.2, 0) is 6.54 Å². The molecule has 1 heterocycles. The van der Waals surface area contributed by atoms with Crippen molar-refractivity contribution in [1.29, 1.82) is 0 Å². The van der Waals surface area contributed by atoms with Gasteiger partial charge in [-0.15, -0.1) is 0 Å². The molecular weight excluding hydrogens is 340 g/mol. The van der Waals surface area contributed by atoms with Crippen molar-refractivity contribution in [2.75, 3.05) is 20.2 Å². The maximum atomic E-state index is 12.2. The molecule has 27 heavy (non-hydrogen) atoms. The minimum absolute atomic E-state index is 0.144. The second-order valence-electron chi connectivity index (χ2n) is 6.38. The number of carbonyl (C=O) groups excluding carboxylic acids is 1. The van der Waals surface area contributed by atoms with Gasteiger partial charge in [0.25, 0.3) is 0 Å². The first kappa shape index (κ1) is 18.5. The van der Waals surface area contributed by atoms with Crippen molar-refractivity contribution >= 4 is 6.03 Å². The molecule has 0 spiro atoms. The molecule has 0 atom stereocenters. The summed E-state index contributed by atoms with van der Waals surface area (Å²) in [6, 6.07) is 17.6. The number of amides is 2. The lowest BCUT2D eigenvalue weighted by molar-refractivity contribution is 0.203. The molecule has 6 nitrogen and oxygen atoms in total. The molecule has 3 rings (SSSR count). The average Bonchev–Trinajstić information content (AvgIpc) is 3.15. The molecule has 0 aliphatic carbocycles. The normalized spacial score (nSPS) is 10.4. The summed E-state index contributed by atoms with van der Waals surface area (Å²) >= 11 is 0. The number of aryl methyl sites for hydroxylation is 1. The van der Waals surface area contributed by atoms with Gasteiger partial charge in [0.05, 0.1) is 25.0 Å². The monoisotopic (exact) mass is 364 g/mol. The van der Waals surface area contributed by atoms with Crippen LogP contribution in [0.3, 0.4) is 0 Å². The fourth-order valence-corrected chi connectivity index (χ4v) is 2.61. The van der Waals surface area contributed by atoms with E-state index in [9.17, 15) is 4.79 Å². The average molecular weight is 364 g/mol. The number of hydrogen-bond donors (Lipinski definition) is 1. The predicted octanol–water partition coefficient (Wildman–Crippen LogP) is 3.40. The summed E-state index contributed by atoms with van der Waals surface area (Å²) < 4.78 is 7.42. The summed E-state index contributed by atoms with van der Waals surface area (Å²) in [5.74, 6) is 0.802. The number of carbonyl (C=O) groups is 1. The number of nitrogens with zero attached hydrogens (tertiary/aromatic N) is 3. The fraction of sp³-hybridized carbons (Fsp3) is 0.238. The maximum absolute atomic E-state index is 12.2. The molecule has 2 aromatic carbocycles. The van der Waals surface area contributed by atoms with E-state index in [0.717, 1.165) is 17.0 Å². The number of urea groups is 1. The Balaban J connectivity index is 1.42. The van der Waals surface area contributed by atoms with Gasteiger partial charge in [-0.3, -0.25) is 0 Å². The molecule has 0 saturated carbocycles. The van der Waals surface area contributed by atoms with Crippen LogP contribution >= 0.6 is 0 Å². The van der Waals surface area contributed by atoms with Gasteiger partial charge in [0.2, 0.25) is 0 Å². The number of para-hydroxylation sites is 1. The SMILES string of the molecule is Cc1ccc(OCCNC(=O)N(C)Cc2cnn(-c3ccccc3)c2)cc1. The van der Waals surface area contributed by atoms with Crippen molar-refractivity contribution in [2.45, 2.75) is 13.5 Å². The molecule has 1 N–H and O–H groups in total. The molecule has 0 unspecified atom stereocenters. The molecule has 140 valence electrons. The smallest absolute Gasteiger partial charge is 0.317 e. The summed E-state index contributed by atoms with van der Waals surface area (Å²) in [5, 5.41) is 7.21. The highest BCUT2D eigenvalue weighted by atomic mass is 16.5. The summed E-state index contributed by atoms with van der Waals surface area (Å²) in [6.45, 7) is 3.38. The van der Waals surface area contributed by atoms with E-state index in [2.05, 4.69) is 10.4 Å². The second-order valence-corrected chi connectivity index (χ2v) is 6.38. The van der Waals surface area contributed by atoms with E-state index < -0.39 is 0 Å². The third-order valence-corrected chi connectivity index (χ3v) is 4.09. The zero-order chi connectivity index (χ0) is 19.1.